The second-order valence-corrected chi connectivity index (χ2v) is 3.55. The average Bonchev–Trinajstić information content (AvgIpc) is 2.69. The third-order valence-electron chi connectivity index (χ3n) is 2.26. The highest BCUT2D eigenvalue weighted by Gasteiger charge is 2.17. The van der Waals surface area contributed by atoms with Gasteiger partial charge in [0.05, 0.1) is 6.61 Å². The first-order valence-electron chi connectivity index (χ1n) is 5.39. The number of carboxylic acid groups (broad SMARTS) is 1. The maximum absolute atomic E-state index is 11.7. The van der Waals surface area contributed by atoms with E-state index in [1.54, 1.807) is 25.1 Å². The molecule has 0 atom stereocenters. The lowest BCUT2D eigenvalue weighted by Crippen LogP contribution is -2.04. The molecule has 0 unspecified atom stereocenters. The largest absolute Gasteiger partial charge is 0.481 e. The summed E-state index contributed by atoms with van der Waals surface area (Å²) < 4.78 is 10.2. The molecule has 2 rings (SSSR count). The lowest BCUT2D eigenvalue weighted by Gasteiger charge is -2.00. The molecular formula is C12H11NO5. The molecule has 0 aliphatic rings. The number of oxazole rings is 1. The van der Waals surface area contributed by atoms with E-state index < -0.39 is 11.9 Å². The van der Waals surface area contributed by atoms with Crippen molar-refractivity contribution in [2.75, 3.05) is 6.61 Å². The molecule has 0 fully saturated rings. The summed E-state index contributed by atoms with van der Waals surface area (Å²) in [6.45, 7) is 1.96. The van der Waals surface area contributed by atoms with Crippen molar-refractivity contribution in [2.45, 2.75) is 13.3 Å². The van der Waals surface area contributed by atoms with Crippen LogP contribution in [0.3, 0.4) is 0 Å². The van der Waals surface area contributed by atoms with Gasteiger partial charge < -0.3 is 14.3 Å². The van der Waals surface area contributed by atoms with Crippen molar-refractivity contribution in [2.24, 2.45) is 0 Å². The van der Waals surface area contributed by atoms with Gasteiger partial charge in [-0.3, -0.25) is 4.79 Å². The molecule has 18 heavy (non-hydrogen) atoms. The van der Waals surface area contributed by atoms with Crippen LogP contribution in [0.1, 0.15) is 23.2 Å². The molecule has 0 aliphatic heterocycles. The molecule has 0 radical (unpaired) electrons. The SMILES string of the molecule is CCOC(=O)c1cccc2nc(CC(=O)O)oc12. The van der Waals surface area contributed by atoms with E-state index in [9.17, 15) is 9.59 Å². The van der Waals surface area contributed by atoms with E-state index in [1.165, 1.54) is 0 Å². The van der Waals surface area contributed by atoms with Gasteiger partial charge in [0.15, 0.2) is 5.58 Å². The zero-order chi connectivity index (χ0) is 13.1. The Bertz CT molecular complexity index is 602. The summed E-state index contributed by atoms with van der Waals surface area (Å²) in [6, 6.07) is 4.84. The molecule has 94 valence electrons. The van der Waals surface area contributed by atoms with Crippen LogP contribution in [0.5, 0.6) is 0 Å². The molecule has 0 amide bonds. The third-order valence-corrected chi connectivity index (χ3v) is 2.26. The zero-order valence-corrected chi connectivity index (χ0v) is 9.67. The van der Waals surface area contributed by atoms with Gasteiger partial charge in [-0.1, -0.05) is 6.07 Å². The molecule has 6 nitrogen and oxygen atoms in total. The van der Waals surface area contributed by atoms with Gasteiger partial charge in [-0.05, 0) is 19.1 Å². The summed E-state index contributed by atoms with van der Waals surface area (Å²) in [5.74, 6) is -1.49. The molecule has 0 aliphatic carbocycles. The number of para-hydroxylation sites is 1. The molecule has 0 saturated heterocycles. The van der Waals surface area contributed by atoms with E-state index in [0.717, 1.165) is 0 Å². The standard InChI is InChI=1S/C12H11NO5/c1-2-17-12(16)7-4-3-5-8-11(7)18-9(13-8)6-10(14)15/h3-5H,2,6H2,1H3,(H,14,15). The Morgan fingerprint density at radius 1 is 1.44 bits per heavy atom. The topological polar surface area (TPSA) is 89.6 Å². The molecule has 1 heterocycles. The summed E-state index contributed by atoms with van der Waals surface area (Å²) in [7, 11) is 0. The summed E-state index contributed by atoms with van der Waals surface area (Å²) in [6.07, 6.45) is -0.322. The van der Waals surface area contributed by atoms with Gasteiger partial charge >= 0.3 is 11.9 Å². The van der Waals surface area contributed by atoms with Gasteiger partial charge in [0.1, 0.15) is 17.5 Å². The smallest absolute Gasteiger partial charge is 0.342 e. The highest BCUT2D eigenvalue weighted by molar-refractivity contribution is 6.01. The van der Waals surface area contributed by atoms with Crippen molar-refractivity contribution >= 4 is 23.0 Å². The number of fused-ring (bicyclic) bond motifs is 1. The average molecular weight is 249 g/mol. The van der Waals surface area contributed by atoms with Crippen LogP contribution in [-0.2, 0) is 16.0 Å². The number of benzene rings is 1. The van der Waals surface area contributed by atoms with Crippen LogP contribution in [0.15, 0.2) is 22.6 Å². The molecule has 1 N–H and O–H groups in total. The molecule has 1 aromatic carbocycles. The minimum atomic E-state index is -1.04. The number of ether oxygens (including phenoxy) is 1. The molecule has 1 aromatic heterocycles. The zero-order valence-electron chi connectivity index (χ0n) is 9.67. The number of esters is 1. The number of carbonyl (C=O) groups is 2. The minimum absolute atomic E-state index is 0.0641. The van der Waals surface area contributed by atoms with E-state index in [2.05, 4.69) is 4.98 Å². The van der Waals surface area contributed by atoms with Gasteiger partial charge in [-0.25, -0.2) is 9.78 Å². The second kappa shape index (κ2) is 4.87. The fraction of sp³-hybridized carbons (Fsp3) is 0.250. The summed E-state index contributed by atoms with van der Waals surface area (Å²) >= 11 is 0. The van der Waals surface area contributed by atoms with Gasteiger partial charge in [0.2, 0.25) is 5.89 Å². The van der Waals surface area contributed by atoms with Crippen molar-refractivity contribution < 1.29 is 23.8 Å². The minimum Gasteiger partial charge on any atom is -0.481 e. The van der Waals surface area contributed by atoms with Crippen LogP contribution in [0, 0.1) is 0 Å². The van der Waals surface area contributed by atoms with Crippen LogP contribution in [0.2, 0.25) is 0 Å². The Hall–Kier alpha value is -2.37. The normalized spacial score (nSPS) is 10.5. The maximum Gasteiger partial charge on any atom is 0.342 e. The summed E-state index contributed by atoms with van der Waals surface area (Å²) in [4.78, 5) is 26.2. The predicted octanol–water partition coefficient (Wildman–Crippen LogP) is 1.63. The number of aromatic nitrogens is 1. The second-order valence-electron chi connectivity index (χ2n) is 3.55. The van der Waals surface area contributed by atoms with Gasteiger partial charge in [0.25, 0.3) is 0 Å². The fourth-order valence-corrected chi connectivity index (χ4v) is 1.57. The molecule has 2 aromatic rings. The van der Waals surface area contributed by atoms with Crippen LogP contribution in [0.4, 0.5) is 0 Å². The summed E-state index contributed by atoms with van der Waals surface area (Å²) in [5, 5.41) is 8.66. The number of aliphatic carboxylic acids is 1. The number of carboxylic acids is 1. The first-order valence-corrected chi connectivity index (χ1v) is 5.39. The van der Waals surface area contributed by atoms with E-state index >= 15 is 0 Å². The fourth-order valence-electron chi connectivity index (χ4n) is 1.57. The van der Waals surface area contributed by atoms with Crippen molar-refractivity contribution in [1.82, 2.24) is 4.98 Å². The lowest BCUT2D eigenvalue weighted by molar-refractivity contribution is -0.136. The quantitative estimate of drug-likeness (QED) is 0.828. The van der Waals surface area contributed by atoms with Crippen LogP contribution >= 0.6 is 0 Å². The van der Waals surface area contributed by atoms with Crippen molar-refractivity contribution in [3.05, 3.63) is 29.7 Å². The van der Waals surface area contributed by atoms with Crippen molar-refractivity contribution in [1.29, 1.82) is 0 Å². The number of nitrogens with zero attached hydrogens (tertiary/aromatic N) is 1. The van der Waals surface area contributed by atoms with Crippen molar-refractivity contribution in [3.63, 3.8) is 0 Å². The van der Waals surface area contributed by atoms with E-state index in [4.69, 9.17) is 14.3 Å². The first kappa shape index (κ1) is 12.1. The third kappa shape index (κ3) is 2.32. The van der Waals surface area contributed by atoms with Gasteiger partial charge in [-0.15, -0.1) is 0 Å². The summed E-state index contributed by atoms with van der Waals surface area (Å²) in [5.41, 5.74) is 0.947. The molecule has 6 heteroatoms. The van der Waals surface area contributed by atoms with Crippen LogP contribution in [-0.4, -0.2) is 28.6 Å². The Morgan fingerprint density at radius 2 is 2.22 bits per heavy atom. The van der Waals surface area contributed by atoms with E-state index in [1.807, 2.05) is 0 Å². The Morgan fingerprint density at radius 3 is 2.89 bits per heavy atom. The van der Waals surface area contributed by atoms with E-state index in [-0.39, 0.29) is 30.1 Å². The Balaban J connectivity index is 2.45. The Labute approximate surface area is 102 Å². The number of carbonyl (C=O) groups excluding carboxylic acids is 1. The van der Waals surface area contributed by atoms with Crippen LogP contribution < -0.4 is 0 Å². The van der Waals surface area contributed by atoms with E-state index in [0.29, 0.717) is 5.52 Å². The number of hydrogen-bond acceptors (Lipinski definition) is 5. The molecule has 0 spiro atoms. The Kier molecular flexibility index (Phi) is 3.27. The predicted molar refractivity (Wildman–Crippen MR) is 61.3 cm³/mol. The first-order chi connectivity index (χ1) is 8.61. The van der Waals surface area contributed by atoms with Gasteiger partial charge in [-0.2, -0.15) is 0 Å². The molecule has 0 bridgehead atoms. The highest BCUT2D eigenvalue weighted by Crippen LogP contribution is 2.21. The van der Waals surface area contributed by atoms with Crippen LogP contribution in [0.25, 0.3) is 11.1 Å². The van der Waals surface area contributed by atoms with Gasteiger partial charge in [0, 0.05) is 0 Å². The maximum atomic E-state index is 11.7. The number of hydrogen-bond donors (Lipinski definition) is 1. The molecule has 0 saturated carbocycles. The highest BCUT2D eigenvalue weighted by atomic mass is 16.5. The monoisotopic (exact) mass is 249 g/mol. The number of rotatable bonds is 4. The lowest BCUT2D eigenvalue weighted by atomic mass is 10.2. The molecular weight excluding hydrogens is 238 g/mol. The van der Waals surface area contributed by atoms with Crippen molar-refractivity contribution in [3.8, 4) is 0 Å².